The Hall–Kier alpha value is -4.47. The van der Waals surface area contributed by atoms with Crippen molar-refractivity contribution < 1.29 is 4.79 Å². The summed E-state index contributed by atoms with van der Waals surface area (Å²) < 4.78 is 4.68. The molecule has 1 atom stereocenters. The molecule has 1 aliphatic rings. The van der Waals surface area contributed by atoms with Crippen molar-refractivity contribution in [3.8, 4) is 0 Å². The van der Waals surface area contributed by atoms with Gasteiger partial charge < -0.3 is 14.9 Å². The summed E-state index contributed by atoms with van der Waals surface area (Å²) in [4.78, 5) is 37.6. The van der Waals surface area contributed by atoms with E-state index in [0.29, 0.717) is 17.3 Å². The second-order valence-corrected chi connectivity index (χ2v) is 10.7. The molecule has 10 heteroatoms. The number of hydrogen-bond acceptors (Lipinski definition) is 6. The molecule has 10 nitrogen and oxygen atoms in total. The maximum atomic E-state index is 12.6. The Kier molecular flexibility index (Phi) is 7.85. The Labute approximate surface area is 227 Å². The molecule has 0 aliphatic heterocycles. The predicted molar refractivity (Wildman–Crippen MR) is 154 cm³/mol. The molecule has 0 fully saturated rings. The van der Waals surface area contributed by atoms with Gasteiger partial charge in [-0.2, -0.15) is 9.66 Å². The number of imidazole rings is 2. The zero-order chi connectivity index (χ0) is 28.3. The van der Waals surface area contributed by atoms with E-state index in [1.807, 2.05) is 43.9 Å². The van der Waals surface area contributed by atoms with Gasteiger partial charge in [-0.3, -0.25) is 15.0 Å². The maximum Gasteiger partial charge on any atom is 0.302 e. The van der Waals surface area contributed by atoms with Crippen LogP contribution in [-0.4, -0.2) is 34.7 Å². The number of aromatic nitrogens is 6. The van der Waals surface area contributed by atoms with Gasteiger partial charge in [0.25, 0.3) is 5.91 Å². The molecule has 1 unspecified atom stereocenters. The number of hydrogen-bond donors (Lipinski definition) is 2. The molecular weight excluding hydrogens is 492 g/mol. The molecule has 0 radical (unpaired) electrons. The Morgan fingerprint density at radius 2 is 1.97 bits per heavy atom. The lowest BCUT2D eigenvalue weighted by molar-refractivity contribution is -0.112. The number of allylic oxidation sites excluding steroid dienone is 9. The lowest BCUT2D eigenvalue weighted by Gasteiger charge is -2.37. The van der Waals surface area contributed by atoms with Crippen molar-refractivity contribution in [2.45, 2.75) is 53.5 Å². The first-order valence-electron chi connectivity index (χ1n) is 12.9. The largest absolute Gasteiger partial charge is 0.368 e. The molecule has 1 aliphatic carbocycles. The van der Waals surface area contributed by atoms with Crippen molar-refractivity contribution >= 4 is 23.0 Å². The summed E-state index contributed by atoms with van der Waals surface area (Å²) in [7, 11) is 1.71. The summed E-state index contributed by atoms with van der Waals surface area (Å²) in [6.07, 6.45) is 20.9. The molecule has 3 aromatic rings. The van der Waals surface area contributed by atoms with Gasteiger partial charge in [0.1, 0.15) is 0 Å². The molecule has 3 N–H and O–H groups in total. The van der Waals surface area contributed by atoms with Crippen LogP contribution in [0.2, 0.25) is 0 Å². The Balaban J connectivity index is 1.44. The number of nitrogen functional groups attached to an aromatic ring is 1. The predicted octanol–water partition coefficient (Wildman–Crippen LogP) is 4.36. The monoisotopic (exact) mass is 528 g/mol. The summed E-state index contributed by atoms with van der Waals surface area (Å²) in [6, 6.07) is 0.330. The second-order valence-electron chi connectivity index (χ2n) is 10.7. The SMILES string of the molecule is CC(C=CC1=C(C)C(n2ccnc2)CCC1(C)C)=CC=CC(C)=CC(=O)Nn1c(N)nc2c(ncn2C)c1=O. The molecular formula is C29H36N8O2. The minimum Gasteiger partial charge on any atom is -0.368 e. The third-order valence-corrected chi connectivity index (χ3v) is 7.15. The summed E-state index contributed by atoms with van der Waals surface area (Å²) in [5.41, 5.74) is 12.9. The molecule has 0 saturated carbocycles. The summed E-state index contributed by atoms with van der Waals surface area (Å²) >= 11 is 0. The maximum absolute atomic E-state index is 12.6. The van der Waals surface area contributed by atoms with Gasteiger partial charge in [0.05, 0.1) is 18.7 Å². The van der Waals surface area contributed by atoms with E-state index in [4.69, 9.17) is 5.73 Å². The highest BCUT2D eigenvalue weighted by molar-refractivity contribution is 5.95. The van der Waals surface area contributed by atoms with Crippen molar-refractivity contribution in [3.05, 3.63) is 94.2 Å². The smallest absolute Gasteiger partial charge is 0.302 e. The summed E-state index contributed by atoms with van der Waals surface area (Å²) in [5.74, 6) is -0.628. The number of rotatable bonds is 7. The van der Waals surface area contributed by atoms with E-state index in [1.165, 1.54) is 23.5 Å². The fraction of sp³-hybridized carbons (Fsp3) is 0.345. The highest BCUT2D eigenvalue weighted by atomic mass is 16.2. The highest BCUT2D eigenvalue weighted by Gasteiger charge is 2.32. The molecule has 0 saturated heterocycles. The lowest BCUT2D eigenvalue weighted by Crippen LogP contribution is -2.35. The van der Waals surface area contributed by atoms with Crippen LogP contribution < -0.4 is 16.7 Å². The summed E-state index contributed by atoms with van der Waals surface area (Å²) in [6.45, 7) is 10.7. The quantitative estimate of drug-likeness (QED) is 0.347. The standard InChI is InChI=1S/C29H36N8O2/c1-19(10-11-22-21(3)23(12-13-29(22,4)5)36-15-14-31-17-36)8-7-9-20(2)16-24(38)34-37-27(39)25-26(33-28(37)30)35(6)18-32-25/h7-11,14-18,23H,12-13H2,1-6H3,(H2,30,33)(H,34,38). The third kappa shape index (κ3) is 6.00. The number of nitrogens with two attached hydrogens (primary N) is 1. The van der Waals surface area contributed by atoms with Gasteiger partial charge >= 0.3 is 5.56 Å². The summed E-state index contributed by atoms with van der Waals surface area (Å²) in [5, 5.41) is 0. The Morgan fingerprint density at radius 1 is 1.21 bits per heavy atom. The average molecular weight is 529 g/mol. The van der Waals surface area contributed by atoms with Crippen molar-refractivity contribution in [3.63, 3.8) is 0 Å². The molecule has 3 heterocycles. The molecule has 204 valence electrons. The average Bonchev–Trinajstić information content (AvgIpc) is 3.52. The van der Waals surface area contributed by atoms with Crippen LogP contribution >= 0.6 is 0 Å². The van der Waals surface area contributed by atoms with E-state index >= 15 is 0 Å². The number of amides is 1. The number of nitrogens with zero attached hydrogens (tertiary/aromatic N) is 6. The van der Waals surface area contributed by atoms with Crippen molar-refractivity contribution in [1.29, 1.82) is 0 Å². The van der Waals surface area contributed by atoms with Crippen LogP contribution in [0.4, 0.5) is 5.95 Å². The third-order valence-electron chi connectivity index (χ3n) is 7.15. The second kappa shape index (κ2) is 11.1. The fourth-order valence-electron chi connectivity index (χ4n) is 4.95. The minimum atomic E-state index is -0.541. The van der Waals surface area contributed by atoms with Gasteiger partial charge in [0.15, 0.2) is 11.2 Å². The lowest BCUT2D eigenvalue weighted by atomic mass is 9.71. The fourth-order valence-corrected chi connectivity index (χ4v) is 4.95. The number of aryl methyl sites for hydroxylation is 1. The Morgan fingerprint density at radius 3 is 2.69 bits per heavy atom. The van der Waals surface area contributed by atoms with E-state index in [1.54, 1.807) is 18.5 Å². The van der Waals surface area contributed by atoms with Gasteiger partial charge in [-0.25, -0.2) is 9.97 Å². The van der Waals surface area contributed by atoms with Crippen molar-refractivity contribution in [2.24, 2.45) is 12.5 Å². The van der Waals surface area contributed by atoms with Crippen LogP contribution in [0.5, 0.6) is 0 Å². The van der Waals surface area contributed by atoms with E-state index in [2.05, 4.69) is 57.9 Å². The first-order chi connectivity index (χ1) is 18.5. The molecule has 1 amide bonds. The van der Waals surface area contributed by atoms with Crippen LogP contribution in [0.15, 0.2) is 88.6 Å². The van der Waals surface area contributed by atoms with Crippen LogP contribution in [0.1, 0.15) is 53.5 Å². The number of nitrogens with one attached hydrogen (secondary N) is 1. The minimum absolute atomic E-state index is 0.0997. The molecule has 4 rings (SSSR count). The van der Waals surface area contributed by atoms with Crippen LogP contribution in [-0.2, 0) is 11.8 Å². The van der Waals surface area contributed by atoms with Crippen LogP contribution in [0.3, 0.4) is 0 Å². The zero-order valence-electron chi connectivity index (χ0n) is 23.3. The van der Waals surface area contributed by atoms with Crippen LogP contribution in [0.25, 0.3) is 11.2 Å². The topological polar surface area (TPSA) is 126 Å². The van der Waals surface area contributed by atoms with Crippen molar-refractivity contribution in [2.75, 3.05) is 11.2 Å². The number of anilines is 1. The molecule has 0 spiro atoms. The molecule has 0 bridgehead atoms. The van der Waals surface area contributed by atoms with Gasteiger partial charge in [0, 0.05) is 25.5 Å². The zero-order valence-corrected chi connectivity index (χ0v) is 23.3. The number of carbonyl (C=O) groups is 1. The number of carbonyl (C=O) groups excluding carboxylic acids is 1. The van der Waals surface area contributed by atoms with Gasteiger partial charge in [-0.1, -0.05) is 49.8 Å². The van der Waals surface area contributed by atoms with Crippen molar-refractivity contribution in [1.82, 2.24) is 28.8 Å². The van der Waals surface area contributed by atoms with Gasteiger partial charge in [-0.05, 0) is 55.7 Å². The van der Waals surface area contributed by atoms with E-state index in [-0.39, 0.29) is 16.9 Å². The van der Waals surface area contributed by atoms with Gasteiger partial charge in [-0.15, -0.1) is 0 Å². The normalized spacial score (nSPS) is 18.6. The first-order valence-corrected chi connectivity index (χ1v) is 12.9. The van der Waals surface area contributed by atoms with Crippen LogP contribution in [0, 0.1) is 5.41 Å². The molecule has 39 heavy (non-hydrogen) atoms. The molecule has 0 aromatic carbocycles. The van der Waals surface area contributed by atoms with E-state index in [9.17, 15) is 9.59 Å². The highest BCUT2D eigenvalue weighted by Crippen LogP contribution is 2.45. The van der Waals surface area contributed by atoms with E-state index in [0.717, 1.165) is 23.1 Å². The van der Waals surface area contributed by atoms with E-state index < -0.39 is 11.5 Å². The Bertz CT molecular complexity index is 1590. The van der Waals surface area contributed by atoms with Gasteiger partial charge in [0.2, 0.25) is 5.95 Å². The first kappa shape index (κ1) is 27.6. The number of fused-ring (bicyclic) bond motifs is 1. The molecule has 3 aromatic heterocycles.